The van der Waals surface area contributed by atoms with Crippen molar-refractivity contribution in [1.29, 1.82) is 0 Å². The highest BCUT2D eigenvalue weighted by Gasteiger charge is 2.36. The molecule has 0 aromatic carbocycles. The van der Waals surface area contributed by atoms with Crippen molar-refractivity contribution < 1.29 is 9.53 Å². The molecular weight excluding hydrogens is 296 g/mol. The van der Waals surface area contributed by atoms with Crippen molar-refractivity contribution in [3.8, 4) is 0 Å². The predicted molar refractivity (Wildman–Crippen MR) is 103 cm³/mol. The van der Waals surface area contributed by atoms with Gasteiger partial charge in [0.2, 0.25) is 0 Å². The summed E-state index contributed by atoms with van der Waals surface area (Å²) in [5.74, 6) is 1.22. The van der Waals surface area contributed by atoms with E-state index in [1.807, 2.05) is 20.8 Å². The lowest BCUT2D eigenvalue weighted by Gasteiger charge is -2.23. The van der Waals surface area contributed by atoms with Crippen LogP contribution in [0.25, 0.3) is 0 Å². The maximum atomic E-state index is 12.6. The fourth-order valence-electron chi connectivity index (χ4n) is 3.58. The number of hydrogen-bond acceptors (Lipinski definition) is 2. The zero-order valence-electron chi connectivity index (χ0n) is 17.1. The molecule has 24 heavy (non-hydrogen) atoms. The lowest BCUT2D eigenvalue weighted by molar-refractivity contribution is -0.149. The molecule has 1 unspecified atom stereocenters. The van der Waals surface area contributed by atoms with Gasteiger partial charge in [0.15, 0.2) is 0 Å². The molecule has 0 fully saturated rings. The third-order valence-corrected chi connectivity index (χ3v) is 4.70. The summed E-state index contributed by atoms with van der Waals surface area (Å²) in [5, 5.41) is 0. The second-order valence-electron chi connectivity index (χ2n) is 8.08. The summed E-state index contributed by atoms with van der Waals surface area (Å²) in [7, 11) is 0. The van der Waals surface area contributed by atoms with Crippen molar-refractivity contribution in [3.05, 3.63) is 22.5 Å². The van der Waals surface area contributed by atoms with Gasteiger partial charge in [0.05, 0.1) is 5.41 Å². The van der Waals surface area contributed by atoms with Gasteiger partial charge in [0, 0.05) is 5.92 Å². The van der Waals surface area contributed by atoms with Crippen molar-refractivity contribution in [2.45, 2.75) is 99.8 Å². The summed E-state index contributed by atoms with van der Waals surface area (Å²) in [6.45, 7) is 14.7. The van der Waals surface area contributed by atoms with Crippen LogP contribution in [0.15, 0.2) is 22.5 Å². The minimum atomic E-state index is -0.459. The van der Waals surface area contributed by atoms with Crippen molar-refractivity contribution in [2.24, 2.45) is 11.3 Å². The minimum Gasteiger partial charge on any atom is -0.430 e. The van der Waals surface area contributed by atoms with Crippen LogP contribution in [-0.2, 0) is 9.53 Å². The van der Waals surface area contributed by atoms with Crippen molar-refractivity contribution in [2.75, 3.05) is 0 Å². The summed E-state index contributed by atoms with van der Waals surface area (Å²) >= 11 is 0. The number of ether oxygens (including phenoxy) is 1. The predicted octanol–water partition coefficient (Wildman–Crippen LogP) is 6.96. The molecule has 1 aliphatic carbocycles. The van der Waals surface area contributed by atoms with Crippen LogP contribution in [-0.4, -0.2) is 5.97 Å². The highest BCUT2D eigenvalue weighted by Crippen LogP contribution is 2.46. The molecule has 2 nitrogen and oxygen atoms in total. The average molecular weight is 335 g/mol. The molecule has 0 radical (unpaired) electrons. The Labute approximate surface area is 149 Å². The van der Waals surface area contributed by atoms with E-state index in [4.69, 9.17) is 4.74 Å². The van der Waals surface area contributed by atoms with Gasteiger partial charge in [-0.3, -0.25) is 4.79 Å². The average Bonchev–Trinajstić information content (AvgIpc) is 2.75. The van der Waals surface area contributed by atoms with E-state index in [9.17, 15) is 4.79 Å². The van der Waals surface area contributed by atoms with Gasteiger partial charge in [-0.25, -0.2) is 0 Å². The summed E-state index contributed by atoms with van der Waals surface area (Å²) < 4.78 is 6.06. The second kappa shape index (κ2) is 9.44. The van der Waals surface area contributed by atoms with Crippen LogP contribution in [0.2, 0.25) is 0 Å². The Morgan fingerprint density at radius 2 is 1.42 bits per heavy atom. The maximum absolute atomic E-state index is 12.6. The molecule has 0 amide bonds. The van der Waals surface area contributed by atoms with Crippen LogP contribution in [0.5, 0.6) is 0 Å². The Bertz CT molecular complexity index is 489. The van der Waals surface area contributed by atoms with Crippen LogP contribution in [0.4, 0.5) is 0 Å². The van der Waals surface area contributed by atoms with Gasteiger partial charge in [0.25, 0.3) is 0 Å². The van der Waals surface area contributed by atoms with E-state index in [0.717, 1.165) is 57.1 Å². The van der Waals surface area contributed by atoms with Crippen LogP contribution in [0.3, 0.4) is 0 Å². The number of hydrogen-bond donors (Lipinski definition) is 0. The van der Waals surface area contributed by atoms with Crippen molar-refractivity contribution >= 4 is 5.97 Å². The zero-order valence-corrected chi connectivity index (χ0v) is 17.1. The Morgan fingerprint density at radius 3 is 1.88 bits per heavy atom. The van der Waals surface area contributed by atoms with Crippen LogP contribution >= 0.6 is 0 Å². The molecule has 0 saturated carbocycles. The molecular formula is C22H38O2. The Morgan fingerprint density at radius 1 is 0.875 bits per heavy atom. The fourth-order valence-corrected chi connectivity index (χ4v) is 3.58. The SMILES string of the molecule is CCCC1=C(CCC)C(CCC)C(OC(=O)C(C)(C)C)=C1CCC. The number of carbonyl (C=O) groups excluding carboxylic acids is 1. The lowest BCUT2D eigenvalue weighted by Crippen LogP contribution is -2.24. The summed E-state index contributed by atoms with van der Waals surface area (Å²) in [5.41, 5.74) is 3.95. The molecule has 0 heterocycles. The van der Waals surface area contributed by atoms with Crippen LogP contribution < -0.4 is 0 Å². The molecule has 0 bridgehead atoms. The highest BCUT2D eigenvalue weighted by molar-refractivity contribution is 5.77. The van der Waals surface area contributed by atoms with Crippen LogP contribution in [0.1, 0.15) is 99.8 Å². The van der Waals surface area contributed by atoms with E-state index >= 15 is 0 Å². The summed E-state index contributed by atoms with van der Waals surface area (Å²) in [6.07, 6.45) is 8.87. The second-order valence-corrected chi connectivity index (χ2v) is 8.08. The topological polar surface area (TPSA) is 26.3 Å². The first kappa shape index (κ1) is 21.0. The van der Waals surface area contributed by atoms with E-state index < -0.39 is 5.41 Å². The summed E-state index contributed by atoms with van der Waals surface area (Å²) in [6, 6.07) is 0. The molecule has 0 aliphatic heterocycles. The first-order chi connectivity index (χ1) is 11.3. The third kappa shape index (κ3) is 4.97. The number of esters is 1. The van der Waals surface area contributed by atoms with Gasteiger partial charge in [-0.05, 0) is 57.6 Å². The number of allylic oxidation sites excluding steroid dienone is 3. The maximum Gasteiger partial charge on any atom is 0.316 e. The quantitative estimate of drug-likeness (QED) is 0.426. The molecule has 0 N–H and O–H groups in total. The zero-order chi connectivity index (χ0) is 18.3. The minimum absolute atomic E-state index is 0.0965. The van der Waals surface area contributed by atoms with E-state index in [1.165, 1.54) is 11.1 Å². The molecule has 2 heteroatoms. The van der Waals surface area contributed by atoms with Gasteiger partial charge in [0.1, 0.15) is 5.76 Å². The van der Waals surface area contributed by atoms with Gasteiger partial charge in [-0.1, -0.05) is 59.0 Å². The van der Waals surface area contributed by atoms with Gasteiger partial charge >= 0.3 is 5.97 Å². The Kier molecular flexibility index (Phi) is 8.26. The van der Waals surface area contributed by atoms with Crippen molar-refractivity contribution in [3.63, 3.8) is 0 Å². The lowest BCUT2D eigenvalue weighted by atomic mass is 9.90. The third-order valence-electron chi connectivity index (χ3n) is 4.70. The van der Waals surface area contributed by atoms with Gasteiger partial charge in [-0.2, -0.15) is 0 Å². The number of rotatable bonds is 9. The van der Waals surface area contributed by atoms with E-state index in [-0.39, 0.29) is 5.97 Å². The highest BCUT2D eigenvalue weighted by atomic mass is 16.5. The van der Waals surface area contributed by atoms with Gasteiger partial charge < -0.3 is 4.74 Å². The molecule has 1 aliphatic rings. The van der Waals surface area contributed by atoms with E-state index in [1.54, 1.807) is 5.57 Å². The largest absolute Gasteiger partial charge is 0.430 e. The first-order valence-electron chi connectivity index (χ1n) is 9.99. The van der Waals surface area contributed by atoms with E-state index in [2.05, 4.69) is 27.7 Å². The molecule has 1 atom stereocenters. The molecule has 0 aromatic heterocycles. The monoisotopic (exact) mass is 334 g/mol. The first-order valence-corrected chi connectivity index (χ1v) is 9.99. The standard InChI is InChI=1S/C22H38O2/c1-8-12-16-17(13-9-2)19(15-11-4)20(18(16)14-10-3)24-21(23)22(5,6)7/h18H,8-15H2,1-7H3. The summed E-state index contributed by atoms with van der Waals surface area (Å²) in [4.78, 5) is 12.6. The molecule has 0 aromatic rings. The van der Waals surface area contributed by atoms with Gasteiger partial charge in [-0.15, -0.1) is 0 Å². The normalized spacial score (nSPS) is 18.5. The molecule has 0 saturated heterocycles. The Hall–Kier alpha value is -1.05. The molecule has 1 rings (SSSR count). The fraction of sp³-hybridized carbons (Fsp3) is 0.773. The van der Waals surface area contributed by atoms with E-state index in [0.29, 0.717) is 5.92 Å². The van der Waals surface area contributed by atoms with Crippen LogP contribution in [0, 0.1) is 11.3 Å². The molecule has 138 valence electrons. The molecule has 0 spiro atoms. The number of carbonyl (C=O) groups is 1. The smallest absolute Gasteiger partial charge is 0.316 e. The van der Waals surface area contributed by atoms with Crippen molar-refractivity contribution in [1.82, 2.24) is 0 Å². The Balaban J connectivity index is 3.32.